The van der Waals surface area contributed by atoms with Crippen LogP contribution in [-0.4, -0.2) is 35.5 Å². The average molecular weight is 330 g/mol. The largest absolute Gasteiger partial charge is 0.481 e. The van der Waals surface area contributed by atoms with E-state index in [-0.39, 0.29) is 12.8 Å². The van der Waals surface area contributed by atoms with Gasteiger partial charge in [0.2, 0.25) is 0 Å². The molecule has 0 aromatic rings. The highest BCUT2D eigenvalue weighted by Gasteiger charge is 2.39. The molecule has 0 bridgehead atoms. The Hall–Kier alpha value is -1.34. The third-order valence-corrected chi connectivity index (χ3v) is 2.90. The molecule has 0 aliphatic heterocycles. The molecule has 0 rings (SSSR count). The van der Waals surface area contributed by atoms with E-state index in [1.54, 1.807) is 20.8 Å². The van der Waals surface area contributed by atoms with Crippen LogP contribution in [0.15, 0.2) is 0 Å². The second-order valence-corrected chi connectivity index (χ2v) is 6.07. The number of alkyl halides is 4. The first-order chi connectivity index (χ1) is 9.87. The number of hydrogen-bond donors (Lipinski definition) is 1. The molecular formula is C14H22F4O4. The lowest BCUT2D eigenvalue weighted by atomic mass is 9.85. The Labute approximate surface area is 126 Å². The van der Waals surface area contributed by atoms with E-state index in [0.717, 1.165) is 0 Å². The van der Waals surface area contributed by atoms with E-state index < -0.39 is 55.1 Å². The maximum atomic E-state index is 12.3. The Morgan fingerprint density at radius 2 is 1.64 bits per heavy atom. The summed E-state index contributed by atoms with van der Waals surface area (Å²) in [6.45, 7) is 3.89. The average Bonchev–Trinajstić information content (AvgIpc) is 2.28. The van der Waals surface area contributed by atoms with E-state index in [2.05, 4.69) is 0 Å². The van der Waals surface area contributed by atoms with Gasteiger partial charge in [-0.25, -0.2) is 0 Å². The van der Waals surface area contributed by atoms with Crippen LogP contribution in [0.2, 0.25) is 0 Å². The first kappa shape index (κ1) is 20.7. The van der Waals surface area contributed by atoms with E-state index in [1.165, 1.54) is 0 Å². The first-order valence-electron chi connectivity index (χ1n) is 6.96. The summed E-state index contributed by atoms with van der Waals surface area (Å²) in [5.74, 6) is -5.27. The number of rotatable bonds is 8. The zero-order valence-electron chi connectivity index (χ0n) is 12.9. The van der Waals surface area contributed by atoms with Crippen molar-refractivity contribution in [1.82, 2.24) is 0 Å². The van der Waals surface area contributed by atoms with E-state index >= 15 is 0 Å². The molecule has 0 saturated carbocycles. The van der Waals surface area contributed by atoms with Gasteiger partial charge in [0.1, 0.15) is 5.60 Å². The Morgan fingerprint density at radius 3 is 2.00 bits per heavy atom. The van der Waals surface area contributed by atoms with Gasteiger partial charge in [0.05, 0.1) is 18.5 Å². The van der Waals surface area contributed by atoms with Gasteiger partial charge in [0.15, 0.2) is 0 Å². The summed E-state index contributed by atoms with van der Waals surface area (Å²) in [5.41, 5.74) is -0.905. The summed E-state index contributed by atoms with van der Waals surface area (Å²) in [5, 5.41) is 9.12. The standard InChI is InChI=1S/C14H22F4O4/c1-13(2,3)22-12(21)10(5-4-8-15)9(11(19)20)6-7-14(16,17)18/h9-10H,4-8H2,1-3H3,(H,19,20)/t9-,10-/m1/s1. The first-order valence-corrected chi connectivity index (χ1v) is 6.96. The summed E-state index contributed by atoms with van der Waals surface area (Å²) in [4.78, 5) is 23.3. The predicted octanol–water partition coefficient (Wildman–Crippen LogP) is 3.74. The predicted molar refractivity (Wildman–Crippen MR) is 71.0 cm³/mol. The molecule has 2 atom stereocenters. The molecule has 0 heterocycles. The Balaban J connectivity index is 5.13. The van der Waals surface area contributed by atoms with Gasteiger partial charge in [-0.15, -0.1) is 0 Å². The van der Waals surface area contributed by atoms with Gasteiger partial charge >= 0.3 is 18.1 Å². The lowest BCUT2D eigenvalue weighted by molar-refractivity contribution is -0.170. The number of aliphatic carboxylic acids is 1. The van der Waals surface area contributed by atoms with Crippen LogP contribution >= 0.6 is 0 Å². The summed E-state index contributed by atoms with van der Waals surface area (Å²) in [6.07, 6.45) is -6.86. The Kier molecular flexibility index (Phi) is 7.83. The van der Waals surface area contributed by atoms with Crippen LogP contribution in [0.1, 0.15) is 46.5 Å². The molecule has 0 radical (unpaired) electrons. The van der Waals surface area contributed by atoms with Crippen molar-refractivity contribution in [2.75, 3.05) is 6.67 Å². The molecule has 1 N–H and O–H groups in total. The van der Waals surface area contributed by atoms with Gasteiger partial charge in [-0.1, -0.05) is 0 Å². The van der Waals surface area contributed by atoms with Gasteiger partial charge in [-0.2, -0.15) is 13.2 Å². The third-order valence-electron chi connectivity index (χ3n) is 2.90. The fourth-order valence-electron chi connectivity index (χ4n) is 1.97. The maximum Gasteiger partial charge on any atom is 0.389 e. The van der Waals surface area contributed by atoms with E-state index in [9.17, 15) is 27.2 Å². The van der Waals surface area contributed by atoms with Gasteiger partial charge < -0.3 is 9.84 Å². The van der Waals surface area contributed by atoms with E-state index in [1.807, 2.05) is 0 Å². The fourth-order valence-corrected chi connectivity index (χ4v) is 1.97. The molecule has 0 spiro atoms. The topological polar surface area (TPSA) is 63.6 Å². The van der Waals surface area contributed by atoms with Crippen molar-refractivity contribution < 1.29 is 37.0 Å². The summed E-state index contributed by atoms with van der Waals surface area (Å²) in [7, 11) is 0. The number of hydrogen-bond acceptors (Lipinski definition) is 3. The van der Waals surface area contributed by atoms with Crippen molar-refractivity contribution >= 4 is 11.9 Å². The van der Waals surface area contributed by atoms with Crippen LogP contribution in [0.5, 0.6) is 0 Å². The van der Waals surface area contributed by atoms with Crippen molar-refractivity contribution in [3.05, 3.63) is 0 Å². The maximum absolute atomic E-state index is 12.3. The molecule has 0 aromatic carbocycles. The molecule has 0 aliphatic rings. The molecule has 0 aromatic heterocycles. The number of carboxylic acid groups (broad SMARTS) is 1. The van der Waals surface area contributed by atoms with Gasteiger partial charge in [-0.05, 0) is 40.0 Å². The molecule has 0 fully saturated rings. The molecule has 0 saturated heterocycles. The van der Waals surface area contributed by atoms with Crippen molar-refractivity contribution in [3.63, 3.8) is 0 Å². The molecule has 0 amide bonds. The molecular weight excluding hydrogens is 308 g/mol. The molecule has 130 valence electrons. The number of halogens is 4. The minimum atomic E-state index is -4.52. The third kappa shape index (κ3) is 8.84. The minimum Gasteiger partial charge on any atom is -0.481 e. The molecule has 4 nitrogen and oxygen atoms in total. The number of carbonyl (C=O) groups is 2. The summed E-state index contributed by atoms with van der Waals surface area (Å²) in [6, 6.07) is 0. The summed E-state index contributed by atoms with van der Waals surface area (Å²) < 4.78 is 54.3. The smallest absolute Gasteiger partial charge is 0.389 e. The van der Waals surface area contributed by atoms with Crippen LogP contribution < -0.4 is 0 Å². The van der Waals surface area contributed by atoms with Crippen LogP contribution in [0.25, 0.3) is 0 Å². The fraction of sp³-hybridized carbons (Fsp3) is 0.857. The monoisotopic (exact) mass is 330 g/mol. The quantitative estimate of drug-likeness (QED) is 0.544. The Bertz CT molecular complexity index is 374. The second kappa shape index (κ2) is 8.33. The molecule has 0 unspecified atom stereocenters. The number of carboxylic acids is 1. The highest BCUT2D eigenvalue weighted by molar-refractivity contribution is 5.81. The van der Waals surface area contributed by atoms with Crippen LogP contribution in [-0.2, 0) is 14.3 Å². The highest BCUT2D eigenvalue weighted by atomic mass is 19.4. The number of ether oxygens (including phenoxy) is 1. The SMILES string of the molecule is CC(C)(C)OC(=O)[C@H](CCCF)[C@@H](CCC(F)(F)F)C(=O)O. The normalized spacial score (nSPS) is 15.2. The second-order valence-electron chi connectivity index (χ2n) is 6.07. The van der Waals surface area contributed by atoms with E-state index in [0.29, 0.717) is 0 Å². The van der Waals surface area contributed by atoms with Crippen molar-refractivity contribution in [2.24, 2.45) is 11.8 Å². The van der Waals surface area contributed by atoms with Gasteiger partial charge in [-0.3, -0.25) is 14.0 Å². The zero-order valence-corrected chi connectivity index (χ0v) is 12.9. The van der Waals surface area contributed by atoms with Crippen LogP contribution in [0.3, 0.4) is 0 Å². The molecule has 8 heteroatoms. The number of esters is 1. The lowest BCUT2D eigenvalue weighted by Gasteiger charge is -2.27. The van der Waals surface area contributed by atoms with Crippen molar-refractivity contribution in [3.8, 4) is 0 Å². The Morgan fingerprint density at radius 1 is 1.09 bits per heavy atom. The highest BCUT2D eigenvalue weighted by Crippen LogP contribution is 2.31. The minimum absolute atomic E-state index is 0.111. The van der Waals surface area contributed by atoms with Gasteiger partial charge in [0.25, 0.3) is 0 Å². The zero-order chi connectivity index (χ0) is 17.6. The van der Waals surface area contributed by atoms with Crippen LogP contribution in [0, 0.1) is 11.8 Å². The number of carbonyl (C=O) groups excluding carboxylic acids is 1. The van der Waals surface area contributed by atoms with Crippen molar-refractivity contribution in [2.45, 2.75) is 58.2 Å². The van der Waals surface area contributed by atoms with E-state index in [4.69, 9.17) is 9.84 Å². The van der Waals surface area contributed by atoms with Crippen molar-refractivity contribution in [1.29, 1.82) is 0 Å². The summed E-state index contributed by atoms with van der Waals surface area (Å²) >= 11 is 0. The van der Waals surface area contributed by atoms with Gasteiger partial charge in [0, 0.05) is 6.42 Å². The molecule has 0 aliphatic carbocycles. The lowest BCUT2D eigenvalue weighted by Crippen LogP contribution is -2.36. The van der Waals surface area contributed by atoms with Crippen LogP contribution in [0.4, 0.5) is 17.6 Å². The molecule has 22 heavy (non-hydrogen) atoms.